The van der Waals surface area contributed by atoms with Gasteiger partial charge < -0.3 is 24.8 Å². The lowest BCUT2D eigenvalue weighted by molar-refractivity contribution is -0.165. The topological polar surface area (TPSA) is 113 Å². The van der Waals surface area contributed by atoms with Gasteiger partial charge in [0.25, 0.3) is 0 Å². The molecule has 7 heteroatoms. The zero-order valence-corrected chi connectivity index (χ0v) is 27.0. The lowest BCUT2D eigenvalue weighted by Gasteiger charge is -2.62. The molecule has 7 nitrogen and oxygen atoms in total. The van der Waals surface area contributed by atoms with Gasteiger partial charge in [0, 0.05) is 26.2 Å². The van der Waals surface area contributed by atoms with Gasteiger partial charge in [0.15, 0.2) is 0 Å². The van der Waals surface area contributed by atoms with E-state index < -0.39 is 23.8 Å². The van der Waals surface area contributed by atoms with Crippen molar-refractivity contribution in [1.29, 1.82) is 0 Å². The molecule has 0 unspecified atom stereocenters. The van der Waals surface area contributed by atoms with Crippen LogP contribution in [0.4, 0.5) is 0 Å². The third-order valence-electron chi connectivity index (χ3n) is 12.8. The van der Waals surface area contributed by atoms with E-state index in [-0.39, 0.29) is 58.6 Å². The first kappa shape index (κ1) is 32.5. The highest BCUT2D eigenvalue weighted by molar-refractivity contribution is 5.66. The van der Waals surface area contributed by atoms with Crippen LogP contribution < -0.4 is 0 Å². The fourth-order valence-electron chi connectivity index (χ4n) is 10.2. The van der Waals surface area contributed by atoms with Gasteiger partial charge in [-0.3, -0.25) is 9.59 Å². The average Bonchev–Trinajstić information content (AvgIpc) is 3.12. The van der Waals surface area contributed by atoms with Crippen LogP contribution in [0.3, 0.4) is 0 Å². The number of hydrogen-bond donors (Lipinski definition) is 3. The maximum atomic E-state index is 11.9. The summed E-state index contributed by atoms with van der Waals surface area (Å²) in [7, 11) is 0. The predicted molar refractivity (Wildman–Crippen MR) is 158 cm³/mol. The zero-order valence-electron chi connectivity index (χ0n) is 27.0. The number of ether oxygens (including phenoxy) is 2. The van der Waals surface area contributed by atoms with Crippen LogP contribution in [0.25, 0.3) is 0 Å². The molecule has 4 aliphatic rings. The summed E-state index contributed by atoms with van der Waals surface area (Å²) in [6.45, 7) is 17.7. The smallest absolute Gasteiger partial charge is 0.303 e. The summed E-state index contributed by atoms with van der Waals surface area (Å²) in [5.74, 6) is -0.666. The highest BCUT2D eigenvalue weighted by atomic mass is 16.6. The number of hydrogen-bond acceptors (Lipinski definition) is 7. The summed E-state index contributed by atoms with van der Waals surface area (Å²) in [6.07, 6.45) is 5.98. The van der Waals surface area contributed by atoms with Gasteiger partial charge in [0.1, 0.15) is 6.10 Å². The monoisotopic (exact) mass is 576 g/mol. The largest absolute Gasteiger partial charge is 0.465 e. The van der Waals surface area contributed by atoms with E-state index in [2.05, 4.69) is 34.6 Å². The van der Waals surface area contributed by atoms with Crippen LogP contribution in [0.2, 0.25) is 0 Å². The fourth-order valence-corrected chi connectivity index (χ4v) is 10.2. The molecule has 0 aromatic heterocycles. The van der Waals surface area contributed by atoms with E-state index in [9.17, 15) is 24.9 Å². The number of carbonyl (C=O) groups excluding carboxylic acids is 2. The number of allylic oxidation sites excluding steroid dienone is 2. The maximum absolute atomic E-state index is 11.9. The molecule has 234 valence electrons. The highest BCUT2D eigenvalue weighted by Crippen LogP contribution is 2.72. The molecule has 0 aliphatic heterocycles. The summed E-state index contributed by atoms with van der Waals surface area (Å²) in [5.41, 5.74) is 1.77. The van der Waals surface area contributed by atoms with Crippen molar-refractivity contribution < 1.29 is 34.4 Å². The summed E-state index contributed by atoms with van der Waals surface area (Å²) in [6, 6.07) is 0. The number of fused-ring (bicyclic) bond motifs is 4. The van der Waals surface area contributed by atoms with Gasteiger partial charge in [-0.15, -0.1) is 0 Å². The van der Waals surface area contributed by atoms with Crippen molar-refractivity contribution >= 4 is 11.9 Å². The van der Waals surface area contributed by atoms with Gasteiger partial charge >= 0.3 is 11.9 Å². The molecule has 4 rings (SSSR count). The van der Waals surface area contributed by atoms with Crippen LogP contribution in [0.15, 0.2) is 11.1 Å². The second-order valence-corrected chi connectivity index (χ2v) is 15.8. The number of esters is 2. The van der Waals surface area contributed by atoms with E-state index in [1.807, 2.05) is 0 Å². The van der Waals surface area contributed by atoms with Crippen LogP contribution in [-0.2, 0) is 19.1 Å². The second kappa shape index (κ2) is 10.9. The first-order valence-corrected chi connectivity index (χ1v) is 15.9. The first-order chi connectivity index (χ1) is 18.8. The lowest BCUT2D eigenvalue weighted by Crippen LogP contribution is -2.55. The third kappa shape index (κ3) is 5.42. The Hall–Kier alpha value is -1.44. The molecule has 41 heavy (non-hydrogen) atoms. The van der Waals surface area contributed by atoms with Crippen LogP contribution in [-0.4, -0.2) is 57.8 Å². The molecule has 9 atom stereocenters. The molecule has 0 heterocycles. The molecule has 4 aliphatic carbocycles. The Balaban J connectivity index is 1.68. The number of aliphatic hydroxyl groups is 3. The molecule has 0 aromatic rings. The Morgan fingerprint density at radius 1 is 0.951 bits per heavy atom. The van der Waals surface area contributed by atoms with Crippen LogP contribution in [0, 0.1) is 39.4 Å². The van der Waals surface area contributed by atoms with Crippen molar-refractivity contribution in [2.24, 2.45) is 39.4 Å². The summed E-state index contributed by atoms with van der Waals surface area (Å²) in [4.78, 5) is 23.8. The average molecular weight is 577 g/mol. The van der Waals surface area contributed by atoms with Crippen molar-refractivity contribution in [3.63, 3.8) is 0 Å². The standard InChI is InChI=1S/C34H56O7/c1-20(35)40-19-22(26(37)18-29(31(5,6)39)41-21(2)36)23-12-16-34(9)25-10-11-27-30(3,4)28(38)14-15-32(27,7)24(25)13-17-33(23,34)8/h22-23,26-29,37-39H,10-19H2,1-9H3/t22-,23+,26+,27-,28-,29+,32+,33+,34-/m0/s1. The molecule has 0 bridgehead atoms. The Kier molecular flexibility index (Phi) is 8.65. The van der Waals surface area contributed by atoms with E-state index in [0.29, 0.717) is 5.92 Å². The van der Waals surface area contributed by atoms with Crippen LogP contribution >= 0.6 is 0 Å². The Bertz CT molecular complexity index is 1060. The molecule has 2 saturated carbocycles. The first-order valence-electron chi connectivity index (χ1n) is 15.9. The highest BCUT2D eigenvalue weighted by Gasteiger charge is 2.64. The van der Waals surface area contributed by atoms with Gasteiger partial charge in [-0.05, 0) is 98.7 Å². The number of rotatable bonds is 8. The van der Waals surface area contributed by atoms with Crippen LogP contribution in [0.5, 0.6) is 0 Å². The van der Waals surface area contributed by atoms with Crippen molar-refractivity contribution in [3.8, 4) is 0 Å². The molecular formula is C34H56O7. The number of aliphatic hydroxyl groups excluding tert-OH is 2. The van der Waals surface area contributed by atoms with Gasteiger partial charge in [-0.2, -0.15) is 0 Å². The summed E-state index contributed by atoms with van der Waals surface area (Å²) in [5, 5.41) is 33.3. The quantitative estimate of drug-likeness (QED) is 0.250. The van der Waals surface area contributed by atoms with Gasteiger partial charge in [-0.1, -0.05) is 45.8 Å². The van der Waals surface area contributed by atoms with Crippen molar-refractivity contribution in [3.05, 3.63) is 11.1 Å². The minimum Gasteiger partial charge on any atom is -0.465 e. The molecule has 0 amide bonds. The molecule has 3 N–H and O–H groups in total. The number of carbonyl (C=O) groups is 2. The van der Waals surface area contributed by atoms with Crippen LogP contribution in [0.1, 0.15) is 120 Å². The van der Waals surface area contributed by atoms with Gasteiger partial charge in [-0.25, -0.2) is 0 Å². The molecule has 0 radical (unpaired) electrons. The van der Waals surface area contributed by atoms with E-state index in [1.165, 1.54) is 13.8 Å². The third-order valence-corrected chi connectivity index (χ3v) is 12.8. The SMILES string of the molecule is CC(=O)OC[C@H]([C@H](O)C[C@@H](OC(C)=O)C(C)(C)O)[C@H]1CC[C@@]2(C)C3=C(CC[C@]12C)[C@@]1(C)CC[C@H](O)C(C)(C)[C@@H]1CC3. The van der Waals surface area contributed by atoms with Crippen molar-refractivity contribution in [1.82, 2.24) is 0 Å². The van der Waals surface area contributed by atoms with E-state index in [4.69, 9.17) is 9.47 Å². The summed E-state index contributed by atoms with van der Waals surface area (Å²) >= 11 is 0. The second-order valence-electron chi connectivity index (χ2n) is 15.8. The predicted octanol–water partition coefficient (Wildman–Crippen LogP) is 5.73. The molecule has 0 aromatic carbocycles. The Morgan fingerprint density at radius 2 is 1.61 bits per heavy atom. The van der Waals surface area contributed by atoms with E-state index >= 15 is 0 Å². The molecule has 0 spiro atoms. The summed E-state index contributed by atoms with van der Waals surface area (Å²) < 4.78 is 11.0. The minimum atomic E-state index is -1.33. The van der Waals surface area contributed by atoms with Crippen molar-refractivity contribution in [2.75, 3.05) is 6.61 Å². The molecule has 2 fully saturated rings. The van der Waals surface area contributed by atoms with E-state index in [1.54, 1.807) is 25.0 Å². The normalized spacial score (nSPS) is 38.7. The minimum absolute atomic E-state index is 0.0286. The maximum Gasteiger partial charge on any atom is 0.303 e. The fraction of sp³-hybridized carbons (Fsp3) is 0.882. The van der Waals surface area contributed by atoms with Crippen molar-refractivity contribution in [2.45, 2.75) is 144 Å². The Labute approximate surface area is 247 Å². The lowest BCUT2D eigenvalue weighted by atomic mass is 9.43. The molecule has 0 saturated heterocycles. The zero-order chi connectivity index (χ0) is 30.8. The van der Waals surface area contributed by atoms with Gasteiger partial charge in [0.2, 0.25) is 0 Å². The molecular weight excluding hydrogens is 520 g/mol. The van der Waals surface area contributed by atoms with Gasteiger partial charge in [0.05, 0.1) is 24.4 Å². The Morgan fingerprint density at radius 3 is 2.20 bits per heavy atom. The van der Waals surface area contributed by atoms with E-state index in [0.717, 1.165) is 51.4 Å².